The molecule has 2 rings (SSSR count). The van der Waals surface area contributed by atoms with E-state index in [4.69, 9.17) is 4.74 Å². The van der Waals surface area contributed by atoms with Gasteiger partial charge in [-0.2, -0.15) is 0 Å². The fourth-order valence-electron chi connectivity index (χ4n) is 1.81. The smallest absolute Gasteiger partial charge is 0.257 e. The minimum absolute atomic E-state index is 0.0394. The maximum atomic E-state index is 11.5. The summed E-state index contributed by atoms with van der Waals surface area (Å²) in [6, 6.07) is 8.33. The molecule has 0 radical (unpaired) electrons. The van der Waals surface area contributed by atoms with Gasteiger partial charge in [-0.25, -0.2) is 0 Å². The molecule has 0 atom stereocenters. The number of benzene rings is 1. The van der Waals surface area contributed by atoms with Gasteiger partial charge in [-0.05, 0) is 36.5 Å². The van der Waals surface area contributed by atoms with Gasteiger partial charge in [-0.3, -0.25) is 4.79 Å². The number of carbonyl (C=O) groups excluding carboxylic acids is 1. The Morgan fingerprint density at radius 2 is 2.00 bits per heavy atom. The Hall–Kier alpha value is -1.55. The van der Waals surface area contributed by atoms with E-state index in [1.807, 2.05) is 24.3 Å². The van der Waals surface area contributed by atoms with Gasteiger partial charge in [-0.1, -0.05) is 26.0 Å². The average Bonchev–Trinajstić information content (AvgIpc) is 3.26. The molecule has 1 saturated carbocycles. The number of carbonyl (C=O) groups is 1. The van der Waals surface area contributed by atoms with Crippen molar-refractivity contribution in [3.8, 4) is 5.75 Å². The molecule has 1 amide bonds. The first-order valence-electron chi connectivity index (χ1n) is 7.35. The summed E-state index contributed by atoms with van der Waals surface area (Å²) < 4.78 is 5.47. The Morgan fingerprint density at radius 3 is 2.60 bits per heavy atom. The van der Waals surface area contributed by atoms with Crippen LogP contribution in [0.2, 0.25) is 0 Å². The topological polar surface area (TPSA) is 50.4 Å². The molecule has 0 bridgehead atoms. The molecule has 20 heavy (non-hydrogen) atoms. The number of nitrogens with one attached hydrogen (secondary N) is 2. The number of rotatable bonds is 8. The van der Waals surface area contributed by atoms with Crippen LogP contribution in [-0.2, 0) is 11.3 Å². The maximum absolute atomic E-state index is 11.5. The second-order valence-corrected chi connectivity index (χ2v) is 5.72. The molecule has 4 nitrogen and oxygen atoms in total. The quantitative estimate of drug-likeness (QED) is 0.764. The summed E-state index contributed by atoms with van der Waals surface area (Å²) >= 11 is 0. The van der Waals surface area contributed by atoms with Gasteiger partial charge in [0.25, 0.3) is 5.91 Å². The third-order valence-corrected chi connectivity index (χ3v) is 3.29. The molecule has 0 unspecified atom stereocenters. The van der Waals surface area contributed by atoms with E-state index in [1.54, 1.807) is 0 Å². The van der Waals surface area contributed by atoms with E-state index in [2.05, 4.69) is 24.5 Å². The molecule has 110 valence electrons. The zero-order chi connectivity index (χ0) is 14.4. The first kappa shape index (κ1) is 14.9. The van der Waals surface area contributed by atoms with E-state index in [0.717, 1.165) is 18.8 Å². The van der Waals surface area contributed by atoms with Crippen molar-refractivity contribution in [2.24, 2.45) is 5.92 Å². The summed E-state index contributed by atoms with van der Waals surface area (Å²) in [7, 11) is 0. The molecule has 0 spiro atoms. The highest BCUT2D eigenvalue weighted by atomic mass is 16.5. The van der Waals surface area contributed by atoms with Gasteiger partial charge >= 0.3 is 0 Å². The van der Waals surface area contributed by atoms with E-state index in [-0.39, 0.29) is 12.5 Å². The van der Waals surface area contributed by atoms with Gasteiger partial charge in [0.15, 0.2) is 6.61 Å². The van der Waals surface area contributed by atoms with Gasteiger partial charge in [0, 0.05) is 19.1 Å². The molecule has 1 aromatic carbocycles. The Bertz CT molecular complexity index is 425. The SMILES string of the molecule is CC(C)NCc1ccc(OCC(=O)NCC2CC2)cc1. The van der Waals surface area contributed by atoms with E-state index in [0.29, 0.717) is 12.0 Å². The fourth-order valence-corrected chi connectivity index (χ4v) is 1.81. The number of ether oxygens (including phenoxy) is 1. The molecule has 0 saturated heterocycles. The molecular formula is C16H24N2O2. The van der Waals surface area contributed by atoms with Crippen LogP contribution in [0.4, 0.5) is 0 Å². The summed E-state index contributed by atoms with van der Waals surface area (Å²) in [6.45, 7) is 5.98. The van der Waals surface area contributed by atoms with Crippen LogP contribution in [0.15, 0.2) is 24.3 Å². The van der Waals surface area contributed by atoms with Crippen molar-refractivity contribution in [1.29, 1.82) is 0 Å². The number of amides is 1. The standard InChI is InChI=1S/C16H24N2O2/c1-12(2)17-9-14-5-7-15(8-6-14)20-11-16(19)18-10-13-3-4-13/h5-8,12-13,17H,3-4,9-11H2,1-2H3,(H,18,19). The predicted octanol–water partition coefficient (Wildman–Crippen LogP) is 2.09. The number of hydrogen-bond donors (Lipinski definition) is 2. The molecule has 0 aliphatic heterocycles. The van der Waals surface area contributed by atoms with Gasteiger partial charge in [0.05, 0.1) is 0 Å². The van der Waals surface area contributed by atoms with Crippen molar-refractivity contribution in [1.82, 2.24) is 10.6 Å². The maximum Gasteiger partial charge on any atom is 0.257 e. The summed E-state index contributed by atoms with van der Waals surface area (Å²) in [6.07, 6.45) is 2.49. The second-order valence-electron chi connectivity index (χ2n) is 5.72. The minimum Gasteiger partial charge on any atom is -0.484 e. The van der Waals surface area contributed by atoms with Crippen molar-refractivity contribution in [2.45, 2.75) is 39.3 Å². The van der Waals surface area contributed by atoms with Crippen molar-refractivity contribution >= 4 is 5.91 Å². The second kappa shape index (κ2) is 7.29. The van der Waals surface area contributed by atoms with Gasteiger partial charge < -0.3 is 15.4 Å². The van der Waals surface area contributed by atoms with Crippen LogP contribution in [0.3, 0.4) is 0 Å². The highest BCUT2D eigenvalue weighted by Crippen LogP contribution is 2.27. The van der Waals surface area contributed by atoms with Gasteiger partial charge in [0.2, 0.25) is 0 Å². The van der Waals surface area contributed by atoms with Crippen LogP contribution in [0, 0.1) is 5.92 Å². The van der Waals surface area contributed by atoms with Crippen molar-refractivity contribution in [2.75, 3.05) is 13.2 Å². The van der Waals surface area contributed by atoms with Crippen LogP contribution >= 0.6 is 0 Å². The molecule has 0 heterocycles. The summed E-state index contributed by atoms with van der Waals surface area (Å²) in [4.78, 5) is 11.5. The highest BCUT2D eigenvalue weighted by molar-refractivity contribution is 5.77. The van der Waals surface area contributed by atoms with Crippen LogP contribution in [0.5, 0.6) is 5.75 Å². The van der Waals surface area contributed by atoms with Crippen LogP contribution < -0.4 is 15.4 Å². The number of hydrogen-bond acceptors (Lipinski definition) is 3. The van der Waals surface area contributed by atoms with E-state index in [1.165, 1.54) is 18.4 Å². The predicted molar refractivity (Wildman–Crippen MR) is 79.6 cm³/mol. The Balaban J connectivity index is 1.68. The molecule has 0 aromatic heterocycles. The molecular weight excluding hydrogens is 252 g/mol. The van der Waals surface area contributed by atoms with Crippen molar-refractivity contribution in [3.05, 3.63) is 29.8 Å². The minimum atomic E-state index is -0.0394. The van der Waals surface area contributed by atoms with Gasteiger partial charge in [-0.15, -0.1) is 0 Å². The first-order chi connectivity index (χ1) is 9.63. The van der Waals surface area contributed by atoms with Crippen LogP contribution in [0.25, 0.3) is 0 Å². The van der Waals surface area contributed by atoms with Gasteiger partial charge in [0.1, 0.15) is 5.75 Å². The third-order valence-electron chi connectivity index (χ3n) is 3.29. The van der Waals surface area contributed by atoms with E-state index < -0.39 is 0 Å². The molecule has 2 N–H and O–H groups in total. The van der Waals surface area contributed by atoms with Crippen molar-refractivity contribution < 1.29 is 9.53 Å². The largest absolute Gasteiger partial charge is 0.484 e. The first-order valence-corrected chi connectivity index (χ1v) is 7.35. The van der Waals surface area contributed by atoms with Crippen LogP contribution in [0.1, 0.15) is 32.3 Å². The lowest BCUT2D eigenvalue weighted by atomic mass is 10.2. The third kappa shape index (κ3) is 5.61. The lowest BCUT2D eigenvalue weighted by Crippen LogP contribution is -2.30. The monoisotopic (exact) mass is 276 g/mol. The lowest BCUT2D eigenvalue weighted by molar-refractivity contribution is -0.123. The lowest BCUT2D eigenvalue weighted by Gasteiger charge is -2.10. The average molecular weight is 276 g/mol. The summed E-state index contributed by atoms with van der Waals surface area (Å²) in [5.74, 6) is 1.40. The van der Waals surface area contributed by atoms with E-state index >= 15 is 0 Å². The fraction of sp³-hybridized carbons (Fsp3) is 0.562. The molecule has 1 aliphatic carbocycles. The Morgan fingerprint density at radius 1 is 1.30 bits per heavy atom. The summed E-state index contributed by atoms with van der Waals surface area (Å²) in [5.41, 5.74) is 1.21. The molecule has 1 aromatic rings. The Labute approximate surface area is 120 Å². The highest BCUT2D eigenvalue weighted by Gasteiger charge is 2.21. The zero-order valence-corrected chi connectivity index (χ0v) is 12.3. The molecule has 1 aliphatic rings. The Kier molecular flexibility index (Phi) is 5.41. The molecule has 4 heteroatoms. The summed E-state index contributed by atoms with van der Waals surface area (Å²) in [5, 5.41) is 6.24. The van der Waals surface area contributed by atoms with E-state index in [9.17, 15) is 4.79 Å². The zero-order valence-electron chi connectivity index (χ0n) is 12.3. The molecule has 1 fully saturated rings. The normalized spacial score (nSPS) is 14.3. The van der Waals surface area contributed by atoms with Crippen LogP contribution in [-0.4, -0.2) is 25.1 Å². The van der Waals surface area contributed by atoms with Crippen molar-refractivity contribution in [3.63, 3.8) is 0 Å².